The van der Waals surface area contributed by atoms with E-state index in [1.165, 1.54) is 12.8 Å². The number of hydrogen-bond donors (Lipinski definition) is 0. The molecular formula is C31H39BN6OY. The van der Waals surface area contributed by atoms with Gasteiger partial charge in [0.25, 0.3) is 7.12 Å². The Morgan fingerprint density at radius 1 is 0.575 bits per heavy atom. The van der Waals surface area contributed by atoms with E-state index in [9.17, 15) is 0 Å². The number of hydrogen-bond acceptors (Lipinski definition) is 4. The van der Waals surface area contributed by atoms with Gasteiger partial charge in [-0.3, -0.25) is 0 Å². The van der Waals surface area contributed by atoms with Crippen molar-refractivity contribution in [2.24, 2.45) is 0 Å². The Morgan fingerprint density at radius 2 is 0.900 bits per heavy atom. The van der Waals surface area contributed by atoms with E-state index in [0.29, 0.717) is 0 Å². The normalized spacial score (nSPS) is 11.8. The molecule has 0 N–H and O–H groups in total. The fourth-order valence-corrected chi connectivity index (χ4v) is 4.14. The van der Waals surface area contributed by atoms with Crippen LogP contribution in [0.3, 0.4) is 0 Å². The summed E-state index contributed by atoms with van der Waals surface area (Å²) in [5.41, 5.74) is 6.23. The molecule has 0 aliphatic carbocycles. The van der Waals surface area contributed by atoms with Crippen molar-refractivity contribution in [2.75, 3.05) is 13.2 Å². The van der Waals surface area contributed by atoms with E-state index in [0.717, 1.165) is 47.4 Å². The maximum atomic E-state index is 4.94. The van der Waals surface area contributed by atoms with Gasteiger partial charge in [0.1, 0.15) is 0 Å². The second-order valence-corrected chi connectivity index (χ2v) is 9.44. The molecule has 0 atom stereocenters. The predicted molar refractivity (Wildman–Crippen MR) is 158 cm³/mol. The van der Waals surface area contributed by atoms with Crippen LogP contribution in [0.4, 0.5) is 0 Å². The van der Waals surface area contributed by atoms with E-state index in [1.807, 2.05) is 95.2 Å². The first-order valence-electron chi connectivity index (χ1n) is 13.3. The molecule has 1 fully saturated rings. The van der Waals surface area contributed by atoms with E-state index in [-0.39, 0.29) is 39.8 Å². The molecule has 40 heavy (non-hydrogen) atoms. The molecule has 4 heterocycles. The Bertz CT molecular complexity index is 1160. The van der Waals surface area contributed by atoms with Crippen LogP contribution in [0.1, 0.15) is 47.0 Å². The third-order valence-corrected chi connectivity index (χ3v) is 5.83. The van der Waals surface area contributed by atoms with Crippen LogP contribution in [-0.4, -0.2) is 49.4 Å². The maximum Gasteiger partial charge on any atom is 3.00 e. The summed E-state index contributed by atoms with van der Waals surface area (Å²) >= 11 is 0. The van der Waals surface area contributed by atoms with Crippen molar-refractivity contribution in [3.63, 3.8) is 0 Å². The number of nitrogens with zero attached hydrogens (tertiary/aromatic N) is 6. The van der Waals surface area contributed by atoms with Gasteiger partial charge in [0.2, 0.25) is 0 Å². The molecule has 1 saturated heterocycles. The van der Waals surface area contributed by atoms with Crippen molar-refractivity contribution >= 4 is 7.12 Å². The van der Waals surface area contributed by atoms with Crippen LogP contribution in [0.25, 0.3) is 0 Å². The Balaban J connectivity index is 0.000000250. The minimum Gasteiger partial charge on any atom is -0.422 e. The molecule has 0 saturated carbocycles. The summed E-state index contributed by atoms with van der Waals surface area (Å²) in [6.45, 7) is 14.2. The Morgan fingerprint density at radius 3 is 1.05 bits per heavy atom. The molecule has 0 unspecified atom stereocenters. The molecule has 9 heteroatoms. The Kier molecular flexibility index (Phi) is 14.9. The fourth-order valence-electron chi connectivity index (χ4n) is 4.14. The van der Waals surface area contributed by atoms with Crippen LogP contribution in [0.15, 0.2) is 78.9 Å². The molecule has 0 spiro atoms. The van der Waals surface area contributed by atoms with Gasteiger partial charge in [0, 0.05) is 13.2 Å². The number of aryl methyl sites for hydroxylation is 6. The van der Waals surface area contributed by atoms with E-state index >= 15 is 0 Å². The monoisotopic (exact) mass is 611 g/mol. The van der Waals surface area contributed by atoms with Gasteiger partial charge in [0.15, 0.2) is 0 Å². The quantitative estimate of drug-likeness (QED) is 0.191. The molecule has 5 aromatic rings. The van der Waals surface area contributed by atoms with E-state index in [4.69, 9.17) is 4.74 Å². The summed E-state index contributed by atoms with van der Waals surface area (Å²) in [5.74, 6) is 0. The standard InChI is InChI=1S/C15H21BN6.2C6H5.C4H8O.Y/c1-10-7-13(4)20(17-10)16(21-14(5)8-11(2)18-21)22-15(6)9-12(3)19-22;2*1-2-4-6-5-3-1;1-2-4-5-3-1;/h7-9H,1-6H3;2*1-5H;1-4H2;/q3*-1;;+3. The van der Waals surface area contributed by atoms with Crippen molar-refractivity contribution < 1.29 is 37.4 Å². The summed E-state index contributed by atoms with van der Waals surface area (Å²) in [6, 6.07) is 31.2. The smallest absolute Gasteiger partial charge is 0.422 e. The molecule has 6 rings (SSSR count). The number of ether oxygens (including phenoxy) is 1. The van der Waals surface area contributed by atoms with Crippen molar-refractivity contribution in [1.29, 1.82) is 0 Å². The molecule has 3 aromatic heterocycles. The number of benzene rings is 2. The van der Waals surface area contributed by atoms with Gasteiger partial charge in [0.05, 0.1) is 17.1 Å². The van der Waals surface area contributed by atoms with Gasteiger partial charge in [-0.1, -0.05) is 0 Å². The maximum absolute atomic E-state index is 4.94. The van der Waals surface area contributed by atoms with Gasteiger partial charge >= 0.3 is 32.7 Å². The van der Waals surface area contributed by atoms with Crippen molar-refractivity contribution in [3.05, 3.63) is 125 Å². The zero-order valence-electron chi connectivity index (χ0n) is 24.6. The van der Waals surface area contributed by atoms with Gasteiger partial charge in [-0.2, -0.15) is 72.8 Å². The first-order chi connectivity index (χ1) is 18.9. The summed E-state index contributed by atoms with van der Waals surface area (Å²) in [7, 11) is -0.226. The Hall–Kier alpha value is -2.80. The largest absolute Gasteiger partial charge is 3.00 e. The first kappa shape index (κ1) is 33.4. The summed E-state index contributed by atoms with van der Waals surface area (Å²) in [5, 5.41) is 14.0. The van der Waals surface area contributed by atoms with Crippen LogP contribution in [0, 0.1) is 53.7 Å². The molecule has 1 aliphatic rings. The van der Waals surface area contributed by atoms with Crippen molar-refractivity contribution in [2.45, 2.75) is 54.4 Å². The van der Waals surface area contributed by atoms with Crippen molar-refractivity contribution in [1.82, 2.24) is 29.1 Å². The predicted octanol–water partition coefficient (Wildman–Crippen LogP) is 5.82. The minimum absolute atomic E-state index is 0. The zero-order chi connectivity index (χ0) is 28.0. The third kappa shape index (κ3) is 10.6. The summed E-state index contributed by atoms with van der Waals surface area (Å²) in [6.07, 6.45) is 2.56. The average molecular weight is 611 g/mol. The second kappa shape index (κ2) is 17.8. The average Bonchev–Trinajstić information content (AvgIpc) is 3.74. The summed E-state index contributed by atoms with van der Waals surface area (Å²) < 4.78 is 10.9. The molecule has 1 aliphatic heterocycles. The Labute approximate surface area is 265 Å². The molecule has 0 bridgehead atoms. The number of aromatic nitrogens is 6. The SMILES string of the molecule is C1CCOC1.Cc1cc(C)n([B-](n2nc(C)cc2C)n2nc(C)cc2C)n1.[Y+3].[c-]1ccccc1.[c-]1ccccc1. The van der Waals surface area contributed by atoms with Crippen LogP contribution < -0.4 is 0 Å². The molecule has 7 nitrogen and oxygen atoms in total. The van der Waals surface area contributed by atoms with Gasteiger partial charge in [-0.15, -0.1) is 0 Å². The minimum atomic E-state index is -0.226. The molecule has 2 aromatic carbocycles. The van der Waals surface area contributed by atoms with Crippen LogP contribution in [0.2, 0.25) is 0 Å². The number of rotatable bonds is 3. The second-order valence-electron chi connectivity index (χ2n) is 9.44. The third-order valence-electron chi connectivity index (χ3n) is 5.83. The first-order valence-corrected chi connectivity index (χ1v) is 13.3. The van der Waals surface area contributed by atoms with Gasteiger partial charge in [-0.05, 0) is 89.7 Å². The van der Waals surface area contributed by atoms with E-state index in [1.54, 1.807) is 0 Å². The molecule has 205 valence electrons. The molecule has 1 radical (unpaired) electrons. The van der Waals surface area contributed by atoms with Crippen LogP contribution in [-0.2, 0) is 37.4 Å². The topological polar surface area (TPSA) is 62.7 Å². The van der Waals surface area contributed by atoms with E-state index in [2.05, 4.69) is 66.4 Å². The van der Waals surface area contributed by atoms with Crippen LogP contribution in [0.5, 0.6) is 0 Å². The zero-order valence-corrected chi connectivity index (χ0v) is 27.4. The van der Waals surface area contributed by atoms with Gasteiger partial charge in [-0.25, -0.2) is 15.3 Å². The van der Waals surface area contributed by atoms with Gasteiger partial charge < -0.3 is 18.5 Å². The van der Waals surface area contributed by atoms with E-state index < -0.39 is 0 Å². The van der Waals surface area contributed by atoms with Crippen LogP contribution >= 0.6 is 0 Å². The summed E-state index contributed by atoms with van der Waals surface area (Å²) in [4.78, 5) is 0. The van der Waals surface area contributed by atoms with Crippen molar-refractivity contribution in [3.8, 4) is 0 Å². The molecule has 0 amide bonds. The molecular weight excluding hydrogens is 572 g/mol. The fraction of sp³-hybridized carbons (Fsp3) is 0.323.